The first-order valence-corrected chi connectivity index (χ1v) is 17.6. The molecule has 5 N–H and O–H groups in total. The van der Waals surface area contributed by atoms with Crippen molar-refractivity contribution in [2.45, 2.75) is 0 Å². The smallest absolute Gasteiger partial charge is 0.340 e. The van der Waals surface area contributed by atoms with Gasteiger partial charge in [-0.3, -0.25) is 0 Å². The number of nitrogen functional groups attached to an aromatic ring is 2. The zero-order valence-corrected chi connectivity index (χ0v) is 35.3. The molecule has 4 rings (SSSR count). The standard InChI is InChI=1S/C8H4Cl2FIO2.C8H6Cl2FNO2.C8H8FNO2.C7H2Cl2FIO2/c2*1-14-8(13)3-2-4(9)7(12)5(10)6(3)11;1-12-8(11)6-3-2-5(10)4-7(6)9;8-3-1-2(7(12)13)5(10)4(9)6(3)11/h2H,1H3;2H,12H2,1H3;2-4H,10H2,1H3;1H,(H,12,13). The van der Waals surface area contributed by atoms with Crippen molar-refractivity contribution >= 4 is 150 Å². The Morgan fingerprint density at radius 3 is 1.34 bits per heavy atom. The van der Waals surface area contributed by atoms with Gasteiger partial charge < -0.3 is 30.8 Å². The van der Waals surface area contributed by atoms with Gasteiger partial charge in [-0.2, -0.15) is 0 Å². The number of rotatable bonds is 4. The van der Waals surface area contributed by atoms with Gasteiger partial charge in [0.25, 0.3) is 0 Å². The van der Waals surface area contributed by atoms with Gasteiger partial charge >= 0.3 is 23.9 Å². The Bertz CT molecular complexity index is 1990. The van der Waals surface area contributed by atoms with Crippen molar-refractivity contribution in [3.05, 3.63) is 119 Å². The summed E-state index contributed by atoms with van der Waals surface area (Å²) in [5.41, 5.74) is 9.57. The van der Waals surface area contributed by atoms with E-state index in [2.05, 4.69) is 14.2 Å². The van der Waals surface area contributed by atoms with Gasteiger partial charge in [0.15, 0.2) is 17.5 Å². The highest BCUT2D eigenvalue weighted by Gasteiger charge is 2.21. The number of benzene rings is 4. The van der Waals surface area contributed by atoms with Crippen molar-refractivity contribution in [2.75, 3.05) is 32.8 Å². The summed E-state index contributed by atoms with van der Waals surface area (Å²) >= 11 is 37.1. The van der Waals surface area contributed by atoms with Crippen molar-refractivity contribution in [3.8, 4) is 0 Å². The molecule has 4 aromatic carbocycles. The van der Waals surface area contributed by atoms with Gasteiger partial charge in [-0.1, -0.05) is 69.6 Å². The van der Waals surface area contributed by atoms with E-state index in [1.807, 2.05) is 0 Å². The number of nitrogens with two attached hydrogens (primary N) is 2. The highest BCUT2D eigenvalue weighted by Crippen LogP contribution is 2.34. The fourth-order valence-corrected chi connectivity index (χ4v) is 5.39. The maximum Gasteiger partial charge on any atom is 0.340 e. The lowest BCUT2D eigenvalue weighted by Gasteiger charge is -2.06. The van der Waals surface area contributed by atoms with Crippen molar-refractivity contribution < 1.29 is 56.1 Å². The molecule has 0 aliphatic heterocycles. The fourth-order valence-electron chi connectivity index (χ4n) is 3.23. The summed E-state index contributed by atoms with van der Waals surface area (Å²) in [6, 6.07) is 7.10. The fraction of sp³-hybridized carbons (Fsp3) is 0.0968. The number of ether oxygens (including phenoxy) is 3. The lowest BCUT2D eigenvalue weighted by molar-refractivity contribution is 0.0586. The molecular formula is C31H20Cl6F4I2N2O8. The monoisotopic (exact) mass is 1090 g/mol. The van der Waals surface area contributed by atoms with Crippen molar-refractivity contribution in [2.24, 2.45) is 0 Å². The molecule has 0 atom stereocenters. The largest absolute Gasteiger partial charge is 0.478 e. The zero-order chi connectivity index (χ0) is 41.1. The van der Waals surface area contributed by atoms with Crippen LogP contribution in [0.1, 0.15) is 41.4 Å². The third-order valence-corrected chi connectivity index (χ3v) is 11.3. The van der Waals surface area contributed by atoms with Gasteiger partial charge in [-0.05, 0) is 81.6 Å². The van der Waals surface area contributed by atoms with E-state index >= 15 is 0 Å². The number of carboxylic acid groups (broad SMARTS) is 1. The SMILES string of the molecule is COC(=O)c1cc(Cl)c(I)c(Cl)c1F.COC(=O)c1cc(Cl)c(N)c(Cl)c1F.COC(=O)c1ccc(N)cc1F.O=C(O)c1cc(Cl)c(I)c(Cl)c1F. The number of hydrogen-bond acceptors (Lipinski definition) is 9. The molecule has 0 unspecified atom stereocenters. The predicted molar refractivity (Wildman–Crippen MR) is 211 cm³/mol. The van der Waals surface area contributed by atoms with Crippen molar-refractivity contribution in [1.82, 2.24) is 0 Å². The number of carbonyl (C=O) groups excluding carboxylic acids is 3. The first kappa shape index (κ1) is 48.3. The molecule has 0 fully saturated rings. The Labute approximate surface area is 355 Å². The van der Waals surface area contributed by atoms with Crippen LogP contribution in [0.4, 0.5) is 28.9 Å². The highest BCUT2D eigenvalue weighted by atomic mass is 127. The molecule has 0 aliphatic carbocycles. The molecule has 0 heterocycles. The minimum absolute atomic E-state index is 0.0109. The number of carboxylic acids is 1. The average Bonchev–Trinajstić information content (AvgIpc) is 3.13. The number of halogens is 12. The van der Waals surface area contributed by atoms with Crippen LogP contribution in [-0.2, 0) is 14.2 Å². The first-order chi connectivity index (χ1) is 24.6. The van der Waals surface area contributed by atoms with Crippen LogP contribution in [0.5, 0.6) is 0 Å². The van der Waals surface area contributed by atoms with E-state index in [1.54, 1.807) is 45.2 Å². The molecule has 0 bridgehead atoms. The van der Waals surface area contributed by atoms with Crippen LogP contribution in [0.25, 0.3) is 0 Å². The van der Waals surface area contributed by atoms with Crippen LogP contribution >= 0.6 is 115 Å². The van der Waals surface area contributed by atoms with Gasteiger partial charge in [0.2, 0.25) is 0 Å². The Kier molecular flexibility index (Phi) is 20.0. The maximum atomic E-state index is 13.4. The van der Waals surface area contributed by atoms with Crippen molar-refractivity contribution in [1.29, 1.82) is 0 Å². The van der Waals surface area contributed by atoms with E-state index in [0.717, 1.165) is 32.4 Å². The summed E-state index contributed by atoms with van der Waals surface area (Å²) in [6.07, 6.45) is 0. The Morgan fingerprint density at radius 1 is 0.585 bits per heavy atom. The number of hydrogen-bond donors (Lipinski definition) is 3. The van der Waals surface area contributed by atoms with Crippen LogP contribution in [0, 0.1) is 30.4 Å². The summed E-state index contributed by atoms with van der Waals surface area (Å²) in [6.45, 7) is 0. The summed E-state index contributed by atoms with van der Waals surface area (Å²) in [7, 11) is 3.47. The average molecular weight is 1090 g/mol. The quantitative estimate of drug-likeness (QED) is 0.0340. The lowest BCUT2D eigenvalue weighted by atomic mass is 10.2. The van der Waals surface area contributed by atoms with E-state index < -0.39 is 52.7 Å². The minimum Gasteiger partial charge on any atom is -0.478 e. The molecule has 0 radical (unpaired) electrons. The van der Waals surface area contributed by atoms with E-state index in [-0.39, 0.29) is 58.2 Å². The van der Waals surface area contributed by atoms with E-state index in [1.165, 1.54) is 25.3 Å². The summed E-state index contributed by atoms with van der Waals surface area (Å²) in [5.74, 6) is -7.11. The van der Waals surface area contributed by atoms with Crippen LogP contribution in [-0.4, -0.2) is 50.3 Å². The topological polar surface area (TPSA) is 168 Å². The Morgan fingerprint density at radius 2 is 0.943 bits per heavy atom. The lowest BCUT2D eigenvalue weighted by Crippen LogP contribution is -2.06. The molecule has 0 aliphatic rings. The molecule has 0 saturated carbocycles. The van der Waals surface area contributed by atoms with Gasteiger partial charge in [0.1, 0.15) is 10.8 Å². The van der Waals surface area contributed by atoms with Gasteiger partial charge in [-0.25, -0.2) is 36.7 Å². The van der Waals surface area contributed by atoms with Crippen molar-refractivity contribution in [3.63, 3.8) is 0 Å². The van der Waals surface area contributed by atoms with Crippen LogP contribution in [0.2, 0.25) is 30.1 Å². The molecule has 22 heteroatoms. The predicted octanol–water partition coefficient (Wildman–Crippen LogP) is 10.7. The maximum absolute atomic E-state index is 13.4. The second-order valence-corrected chi connectivity index (χ2v) is 13.7. The second-order valence-electron chi connectivity index (χ2n) is 9.16. The number of methoxy groups -OCH3 is 3. The summed E-state index contributed by atoms with van der Waals surface area (Å²) in [4.78, 5) is 43.4. The van der Waals surface area contributed by atoms with Gasteiger partial charge in [-0.15, -0.1) is 0 Å². The van der Waals surface area contributed by atoms with E-state index in [9.17, 15) is 36.7 Å². The second kappa shape index (κ2) is 22.0. The van der Waals surface area contributed by atoms with Crippen LogP contribution in [0.15, 0.2) is 36.4 Å². The summed E-state index contributed by atoms with van der Waals surface area (Å²) < 4.78 is 66.4. The molecule has 10 nitrogen and oxygen atoms in total. The molecule has 0 spiro atoms. The Hall–Kier alpha value is -2.72. The normalized spacial score (nSPS) is 9.94. The number of carbonyl (C=O) groups is 4. The van der Waals surface area contributed by atoms with Crippen LogP contribution < -0.4 is 11.5 Å². The number of esters is 3. The van der Waals surface area contributed by atoms with Crippen LogP contribution in [0.3, 0.4) is 0 Å². The molecule has 0 amide bonds. The Balaban J connectivity index is 0.000000354. The molecule has 0 saturated heterocycles. The van der Waals surface area contributed by atoms with E-state index in [4.69, 9.17) is 86.2 Å². The number of aromatic carboxylic acids is 1. The third kappa shape index (κ3) is 12.9. The molecule has 0 aromatic heterocycles. The number of anilines is 2. The first-order valence-electron chi connectivity index (χ1n) is 13.2. The molecular weight excluding hydrogens is 1070 g/mol. The summed E-state index contributed by atoms with van der Waals surface area (Å²) in [5, 5.41) is 8.10. The third-order valence-electron chi connectivity index (χ3n) is 5.84. The minimum atomic E-state index is -1.39. The van der Waals surface area contributed by atoms with Gasteiger partial charge in [0.05, 0.1) is 81.5 Å². The van der Waals surface area contributed by atoms with E-state index in [0.29, 0.717) is 7.14 Å². The molecule has 4 aromatic rings. The zero-order valence-electron chi connectivity index (χ0n) is 26.5. The van der Waals surface area contributed by atoms with Gasteiger partial charge in [0, 0.05) is 5.69 Å². The molecule has 286 valence electrons. The molecule has 53 heavy (non-hydrogen) atoms. The highest BCUT2D eigenvalue weighted by molar-refractivity contribution is 14.1.